The van der Waals surface area contributed by atoms with Gasteiger partial charge in [-0.15, -0.1) is 0 Å². The minimum atomic E-state index is -1.16. The molecule has 2 aromatic carbocycles. The number of benzene rings is 2. The Morgan fingerprint density at radius 3 is 2.46 bits per heavy atom. The van der Waals surface area contributed by atoms with Crippen LogP contribution < -0.4 is 15.5 Å². The Hall–Kier alpha value is -4.32. The van der Waals surface area contributed by atoms with Crippen molar-refractivity contribution in [3.8, 4) is 0 Å². The van der Waals surface area contributed by atoms with E-state index in [-0.39, 0.29) is 50.9 Å². The summed E-state index contributed by atoms with van der Waals surface area (Å²) >= 11 is 6.02. The maximum absolute atomic E-state index is 13.6. The fourth-order valence-corrected chi connectivity index (χ4v) is 6.18. The van der Waals surface area contributed by atoms with Gasteiger partial charge in [0.25, 0.3) is 0 Å². The fraction of sp³-hybridized carbons (Fsp3) is 0.485. The second-order valence-electron chi connectivity index (χ2n) is 11.6. The molecule has 46 heavy (non-hydrogen) atoms. The monoisotopic (exact) mass is 656 g/mol. The van der Waals surface area contributed by atoms with Crippen LogP contribution in [-0.4, -0.2) is 72.3 Å². The van der Waals surface area contributed by atoms with Gasteiger partial charge in [-0.05, 0) is 48.1 Å². The molecule has 0 aromatic heterocycles. The summed E-state index contributed by atoms with van der Waals surface area (Å²) in [5.74, 6) is -1.42. The standard InChI is InChI=1S/C33H41ClN4O8/c1-45-31(41)26(14-15-29(39)38-17-16-37(33(43)44)20-24-11-5-6-13-28(24)38)35-30(40)27(19-22-8-3-2-4-9-22)36-32(42)46-21-23-10-7-12-25(34)18-23/h5-7,10-13,18,22,26-27H,2-4,8-9,14-17,19-21H2,1H3,(H,35,40)(H,36,42)(H,43,44). The van der Waals surface area contributed by atoms with Gasteiger partial charge in [-0.2, -0.15) is 0 Å². The zero-order chi connectivity index (χ0) is 33.1. The number of halogens is 1. The number of amides is 4. The normalized spacial score (nSPS) is 16.3. The van der Waals surface area contributed by atoms with Crippen molar-refractivity contribution >= 4 is 47.3 Å². The number of ether oxygens (including phenoxy) is 2. The van der Waals surface area contributed by atoms with Gasteiger partial charge >= 0.3 is 18.2 Å². The minimum absolute atomic E-state index is 0.0408. The number of carbonyl (C=O) groups is 5. The Morgan fingerprint density at radius 1 is 0.978 bits per heavy atom. The second-order valence-corrected chi connectivity index (χ2v) is 12.1. The van der Waals surface area contributed by atoms with E-state index in [4.69, 9.17) is 21.1 Å². The van der Waals surface area contributed by atoms with E-state index in [1.165, 1.54) is 16.9 Å². The van der Waals surface area contributed by atoms with Crippen LogP contribution in [0, 0.1) is 5.92 Å². The van der Waals surface area contributed by atoms with Crippen molar-refractivity contribution in [3.63, 3.8) is 0 Å². The molecule has 0 radical (unpaired) electrons. The fourth-order valence-electron chi connectivity index (χ4n) is 5.97. The highest BCUT2D eigenvalue weighted by molar-refractivity contribution is 6.30. The van der Waals surface area contributed by atoms with Crippen molar-refractivity contribution in [1.29, 1.82) is 0 Å². The van der Waals surface area contributed by atoms with Crippen LogP contribution in [0.4, 0.5) is 15.3 Å². The van der Waals surface area contributed by atoms with E-state index in [0.717, 1.165) is 32.1 Å². The molecule has 4 rings (SSSR count). The molecule has 2 aliphatic rings. The summed E-state index contributed by atoms with van der Waals surface area (Å²) in [6, 6.07) is 11.8. The molecule has 2 atom stereocenters. The summed E-state index contributed by atoms with van der Waals surface area (Å²) in [5.41, 5.74) is 1.98. The first-order valence-electron chi connectivity index (χ1n) is 15.6. The van der Waals surface area contributed by atoms with Crippen molar-refractivity contribution in [2.45, 2.75) is 76.6 Å². The van der Waals surface area contributed by atoms with Crippen LogP contribution in [0.3, 0.4) is 0 Å². The van der Waals surface area contributed by atoms with Gasteiger partial charge in [-0.1, -0.05) is 74.0 Å². The number of alkyl carbamates (subject to hydrolysis) is 1. The number of methoxy groups -OCH3 is 1. The number of nitrogens with zero attached hydrogens (tertiary/aromatic N) is 2. The quantitative estimate of drug-likeness (QED) is 0.290. The summed E-state index contributed by atoms with van der Waals surface area (Å²) in [7, 11) is 1.19. The number of nitrogens with one attached hydrogen (secondary N) is 2. The molecule has 1 heterocycles. The van der Waals surface area contributed by atoms with Gasteiger partial charge in [0.1, 0.15) is 18.7 Å². The van der Waals surface area contributed by atoms with Crippen molar-refractivity contribution < 1.29 is 38.6 Å². The van der Waals surface area contributed by atoms with E-state index in [0.29, 0.717) is 28.3 Å². The Bertz CT molecular complexity index is 1400. The number of carbonyl (C=O) groups excluding carboxylic acids is 4. The molecule has 0 saturated heterocycles. The molecule has 2 unspecified atom stereocenters. The third-order valence-corrected chi connectivity index (χ3v) is 8.65. The summed E-state index contributed by atoms with van der Waals surface area (Å²) < 4.78 is 10.3. The summed E-state index contributed by atoms with van der Waals surface area (Å²) in [5, 5.41) is 15.4. The first-order valence-corrected chi connectivity index (χ1v) is 15.9. The van der Waals surface area contributed by atoms with Gasteiger partial charge in [-0.3, -0.25) is 9.59 Å². The zero-order valence-corrected chi connectivity index (χ0v) is 26.7. The molecule has 2 aromatic rings. The number of rotatable bonds is 11. The molecule has 0 spiro atoms. The van der Waals surface area contributed by atoms with Crippen molar-refractivity contribution in [2.75, 3.05) is 25.1 Å². The number of carboxylic acid groups (broad SMARTS) is 1. The van der Waals surface area contributed by atoms with Crippen molar-refractivity contribution in [1.82, 2.24) is 15.5 Å². The molecular weight excluding hydrogens is 616 g/mol. The number of hydrogen-bond donors (Lipinski definition) is 3. The summed E-state index contributed by atoms with van der Waals surface area (Å²) in [4.78, 5) is 67.0. The van der Waals surface area contributed by atoms with E-state index < -0.39 is 36.1 Å². The van der Waals surface area contributed by atoms with Gasteiger partial charge in [0.05, 0.1) is 13.7 Å². The number of anilines is 1. The van der Waals surface area contributed by atoms with Crippen molar-refractivity contribution in [2.24, 2.45) is 5.92 Å². The third kappa shape index (κ3) is 9.84. The Labute approximate surface area is 273 Å². The van der Waals surface area contributed by atoms with E-state index in [9.17, 15) is 29.1 Å². The maximum atomic E-state index is 13.6. The highest BCUT2D eigenvalue weighted by Gasteiger charge is 2.32. The van der Waals surface area contributed by atoms with Crippen LogP contribution in [0.25, 0.3) is 0 Å². The lowest BCUT2D eigenvalue weighted by Crippen LogP contribution is -2.52. The van der Waals surface area contributed by atoms with Crippen molar-refractivity contribution in [3.05, 3.63) is 64.7 Å². The average Bonchev–Trinajstić information content (AvgIpc) is 3.25. The molecule has 12 nitrogen and oxygen atoms in total. The zero-order valence-electron chi connectivity index (χ0n) is 25.9. The predicted octanol–water partition coefficient (Wildman–Crippen LogP) is 4.87. The number of hydrogen-bond acceptors (Lipinski definition) is 7. The molecule has 1 fully saturated rings. The first kappa shape index (κ1) is 34.6. The number of fused-ring (bicyclic) bond motifs is 1. The average molecular weight is 657 g/mol. The number of para-hydroxylation sites is 1. The lowest BCUT2D eigenvalue weighted by Gasteiger charge is -2.28. The van der Waals surface area contributed by atoms with E-state index in [1.807, 2.05) is 0 Å². The molecule has 1 aliphatic heterocycles. The molecule has 13 heteroatoms. The van der Waals surface area contributed by atoms with Crippen LogP contribution in [0.15, 0.2) is 48.5 Å². The second kappa shape index (κ2) is 16.8. The van der Waals surface area contributed by atoms with E-state index >= 15 is 0 Å². The topological polar surface area (TPSA) is 155 Å². The van der Waals surface area contributed by atoms with Crippen LogP contribution in [0.2, 0.25) is 5.02 Å². The molecule has 1 saturated carbocycles. The lowest BCUT2D eigenvalue weighted by molar-refractivity contribution is -0.145. The Kier molecular flexibility index (Phi) is 12.6. The molecule has 3 N–H and O–H groups in total. The smallest absolute Gasteiger partial charge is 0.408 e. The highest BCUT2D eigenvalue weighted by Crippen LogP contribution is 2.28. The summed E-state index contributed by atoms with van der Waals surface area (Å²) in [6.45, 7) is 0.366. The SMILES string of the molecule is COC(=O)C(CCC(=O)N1CCN(C(=O)O)Cc2ccccc21)NC(=O)C(CC1CCCCC1)NC(=O)OCc1cccc(Cl)c1. The first-order chi connectivity index (χ1) is 22.1. The van der Waals surface area contributed by atoms with Crippen LogP contribution in [-0.2, 0) is 37.0 Å². The van der Waals surface area contributed by atoms with E-state index in [1.54, 1.807) is 48.5 Å². The molecular formula is C33H41ClN4O8. The number of esters is 1. The molecule has 0 bridgehead atoms. The molecule has 4 amide bonds. The van der Waals surface area contributed by atoms with Gasteiger partial charge in [-0.25, -0.2) is 14.4 Å². The maximum Gasteiger partial charge on any atom is 0.408 e. The van der Waals surface area contributed by atoms with Crippen LogP contribution in [0.5, 0.6) is 0 Å². The van der Waals surface area contributed by atoms with Gasteiger partial charge < -0.3 is 35.0 Å². The highest BCUT2D eigenvalue weighted by atomic mass is 35.5. The van der Waals surface area contributed by atoms with Crippen LogP contribution in [0.1, 0.15) is 62.5 Å². The lowest BCUT2D eigenvalue weighted by atomic mass is 9.84. The summed E-state index contributed by atoms with van der Waals surface area (Å²) in [6.07, 6.45) is 3.37. The van der Waals surface area contributed by atoms with Gasteiger partial charge in [0, 0.05) is 30.2 Å². The Morgan fingerprint density at radius 2 is 1.74 bits per heavy atom. The third-order valence-electron chi connectivity index (χ3n) is 8.42. The largest absolute Gasteiger partial charge is 0.467 e. The van der Waals surface area contributed by atoms with Gasteiger partial charge in [0.2, 0.25) is 11.8 Å². The predicted molar refractivity (Wildman–Crippen MR) is 170 cm³/mol. The molecule has 248 valence electrons. The van der Waals surface area contributed by atoms with Crippen LogP contribution >= 0.6 is 11.6 Å². The Balaban J connectivity index is 1.42. The van der Waals surface area contributed by atoms with Gasteiger partial charge in [0.15, 0.2) is 0 Å². The minimum Gasteiger partial charge on any atom is -0.467 e. The molecule has 1 aliphatic carbocycles. The van der Waals surface area contributed by atoms with E-state index in [2.05, 4.69) is 10.6 Å².